The molecule has 18 heavy (non-hydrogen) atoms. The number of ether oxygens (including phenoxy) is 2. The highest BCUT2D eigenvalue weighted by atomic mass is 16.6. The van der Waals surface area contributed by atoms with Crippen LogP contribution in [-0.4, -0.2) is 35.1 Å². The fourth-order valence-corrected chi connectivity index (χ4v) is 1.97. The molecule has 0 radical (unpaired) electrons. The molecule has 1 saturated heterocycles. The van der Waals surface area contributed by atoms with E-state index in [9.17, 15) is 4.79 Å². The molecule has 1 fully saturated rings. The zero-order chi connectivity index (χ0) is 13.2. The SMILES string of the molecule is CC(C)(C)OC(=O)NC1(c2cn[nH]c2)CCOC1. The van der Waals surface area contributed by atoms with Crippen LogP contribution < -0.4 is 5.32 Å². The number of alkyl carbamates (subject to hydrolysis) is 1. The first-order chi connectivity index (χ1) is 8.41. The summed E-state index contributed by atoms with van der Waals surface area (Å²) in [6, 6.07) is 0. The Morgan fingerprint density at radius 1 is 1.61 bits per heavy atom. The van der Waals surface area contributed by atoms with Gasteiger partial charge in [-0.1, -0.05) is 0 Å². The summed E-state index contributed by atoms with van der Waals surface area (Å²) in [5, 5.41) is 9.58. The summed E-state index contributed by atoms with van der Waals surface area (Å²) in [5.41, 5.74) is -0.137. The average molecular weight is 253 g/mol. The summed E-state index contributed by atoms with van der Waals surface area (Å²) >= 11 is 0. The molecule has 2 heterocycles. The fraction of sp³-hybridized carbons (Fsp3) is 0.667. The van der Waals surface area contributed by atoms with Gasteiger partial charge in [0.05, 0.1) is 18.3 Å². The Kier molecular flexibility index (Phi) is 3.30. The number of nitrogens with one attached hydrogen (secondary N) is 2. The van der Waals surface area contributed by atoms with Crippen LogP contribution in [0.1, 0.15) is 32.8 Å². The van der Waals surface area contributed by atoms with Gasteiger partial charge in [0.25, 0.3) is 0 Å². The number of aromatic nitrogens is 2. The zero-order valence-corrected chi connectivity index (χ0v) is 10.9. The lowest BCUT2D eigenvalue weighted by atomic mass is 9.92. The third-order valence-electron chi connectivity index (χ3n) is 2.81. The van der Waals surface area contributed by atoms with Crippen molar-refractivity contribution in [1.82, 2.24) is 15.5 Å². The minimum Gasteiger partial charge on any atom is -0.444 e. The number of carbonyl (C=O) groups excluding carboxylic acids is 1. The molecule has 1 atom stereocenters. The molecule has 0 saturated carbocycles. The lowest BCUT2D eigenvalue weighted by Crippen LogP contribution is -2.48. The summed E-state index contributed by atoms with van der Waals surface area (Å²) in [7, 11) is 0. The van der Waals surface area contributed by atoms with E-state index in [4.69, 9.17) is 9.47 Å². The molecule has 0 bridgehead atoms. The van der Waals surface area contributed by atoms with Crippen molar-refractivity contribution < 1.29 is 14.3 Å². The maximum Gasteiger partial charge on any atom is 0.408 e. The minimum atomic E-state index is -0.532. The molecule has 6 nitrogen and oxygen atoms in total. The maximum absolute atomic E-state index is 11.9. The van der Waals surface area contributed by atoms with Gasteiger partial charge in [-0.2, -0.15) is 5.10 Å². The Morgan fingerprint density at radius 3 is 2.89 bits per heavy atom. The molecule has 6 heteroatoms. The van der Waals surface area contributed by atoms with Gasteiger partial charge in [0.1, 0.15) is 5.60 Å². The van der Waals surface area contributed by atoms with Gasteiger partial charge in [-0.15, -0.1) is 0 Å². The van der Waals surface area contributed by atoms with Crippen LogP contribution in [0, 0.1) is 0 Å². The van der Waals surface area contributed by atoms with Crippen LogP contribution in [0.2, 0.25) is 0 Å². The van der Waals surface area contributed by atoms with E-state index in [0.717, 1.165) is 5.56 Å². The summed E-state index contributed by atoms with van der Waals surface area (Å²) in [4.78, 5) is 11.9. The number of nitrogens with zero attached hydrogens (tertiary/aromatic N) is 1. The number of aromatic amines is 1. The Morgan fingerprint density at radius 2 is 2.39 bits per heavy atom. The molecule has 2 N–H and O–H groups in total. The predicted octanol–water partition coefficient (Wildman–Crippen LogP) is 1.55. The molecule has 100 valence electrons. The highest BCUT2D eigenvalue weighted by Gasteiger charge is 2.40. The monoisotopic (exact) mass is 253 g/mol. The van der Waals surface area contributed by atoms with Gasteiger partial charge >= 0.3 is 6.09 Å². The molecular weight excluding hydrogens is 234 g/mol. The standard InChI is InChI=1S/C12H19N3O3/c1-11(2,3)18-10(16)15-12(4-5-17-8-12)9-6-13-14-7-9/h6-7H,4-5,8H2,1-3H3,(H,13,14)(H,15,16). The first kappa shape index (κ1) is 12.9. The van der Waals surface area contributed by atoms with Crippen LogP contribution in [0.15, 0.2) is 12.4 Å². The minimum absolute atomic E-state index is 0.436. The summed E-state index contributed by atoms with van der Waals surface area (Å²) < 4.78 is 10.7. The molecule has 1 aromatic rings. The maximum atomic E-state index is 11.9. The Bertz CT molecular complexity index is 403. The van der Waals surface area contributed by atoms with Gasteiger partial charge in [0.15, 0.2) is 0 Å². The second-order valence-electron chi connectivity index (χ2n) is 5.50. The van der Waals surface area contributed by atoms with Gasteiger partial charge in [-0.25, -0.2) is 4.79 Å². The van der Waals surface area contributed by atoms with Gasteiger partial charge in [-0.3, -0.25) is 5.10 Å². The average Bonchev–Trinajstić information content (AvgIpc) is 2.82. The molecule has 1 aliphatic rings. The first-order valence-corrected chi connectivity index (χ1v) is 5.99. The van der Waals surface area contributed by atoms with Gasteiger partial charge in [0.2, 0.25) is 0 Å². The fourth-order valence-electron chi connectivity index (χ4n) is 1.97. The van der Waals surface area contributed by atoms with E-state index in [1.165, 1.54) is 0 Å². The Labute approximate surface area is 106 Å². The Balaban J connectivity index is 2.10. The summed E-state index contributed by atoms with van der Waals surface area (Å²) in [6.07, 6.45) is 3.75. The van der Waals surface area contributed by atoms with E-state index in [0.29, 0.717) is 19.6 Å². The van der Waals surface area contributed by atoms with Crippen LogP contribution in [0.4, 0.5) is 4.79 Å². The van der Waals surface area contributed by atoms with E-state index in [1.54, 1.807) is 12.4 Å². The van der Waals surface area contributed by atoms with Crippen LogP contribution in [0.3, 0.4) is 0 Å². The third kappa shape index (κ3) is 2.81. The molecule has 1 amide bonds. The van der Waals surface area contributed by atoms with Crippen molar-refractivity contribution in [2.24, 2.45) is 0 Å². The topological polar surface area (TPSA) is 76.2 Å². The molecule has 1 aliphatic heterocycles. The van der Waals surface area contributed by atoms with Gasteiger partial charge in [0, 0.05) is 24.8 Å². The zero-order valence-electron chi connectivity index (χ0n) is 10.9. The van der Waals surface area contributed by atoms with Crippen LogP contribution >= 0.6 is 0 Å². The van der Waals surface area contributed by atoms with Crippen LogP contribution in [-0.2, 0) is 15.0 Å². The largest absolute Gasteiger partial charge is 0.444 e. The normalized spacial score (nSPS) is 23.9. The van der Waals surface area contributed by atoms with E-state index in [2.05, 4.69) is 15.5 Å². The molecule has 0 aromatic carbocycles. The number of carbonyl (C=O) groups is 1. The van der Waals surface area contributed by atoms with Crippen LogP contribution in [0.5, 0.6) is 0 Å². The number of H-pyrrole nitrogens is 1. The highest BCUT2D eigenvalue weighted by molar-refractivity contribution is 5.69. The van der Waals surface area contributed by atoms with Crippen LogP contribution in [0.25, 0.3) is 0 Å². The lowest BCUT2D eigenvalue weighted by Gasteiger charge is -2.29. The molecule has 1 unspecified atom stereocenters. The van der Waals surface area contributed by atoms with Crippen molar-refractivity contribution in [3.05, 3.63) is 18.0 Å². The second-order valence-corrected chi connectivity index (χ2v) is 5.50. The highest BCUT2D eigenvalue weighted by Crippen LogP contribution is 2.30. The smallest absolute Gasteiger partial charge is 0.408 e. The third-order valence-corrected chi connectivity index (χ3v) is 2.81. The summed E-state index contributed by atoms with van der Waals surface area (Å²) in [6.45, 7) is 6.56. The molecule has 0 spiro atoms. The first-order valence-electron chi connectivity index (χ1n) is 5.99. The van der Waals surface area contributed by atoms with Crippen molar-refractivity contribution in [3.63, 3.8) is 0 Å². The molecule has 1 aromatic heterocycles. The van der Waals surface area contributed by atoms with E-state index < -0.39 is 17.2 Å². The van der Waals surface area contributed by atoms with E-state index >= 15 is 0 Å². The quantitative estimate of drug-likeness (QED) is 0.838. The van der Waals surface area contributed by atoms with Crippen molar-refractivity contribution >= 4 is 6.09 Å². The number of hydrogen-bond acceptors (Lipinski definition) is 4. The number of hydrogen-bond donors (Lipinski definition) is 2. The second kappa shape index (κ2) is 4.61. The van der Waals surface area contributed by atoms with Crippen molar-refractivity contribution in [3.8, 4) is 0 Å². The van der Waals surface area contributed by atoms with Gasteiger partial charge < -0.3 is 14.8 Å². The van der Waals surface area contributed by atoms with Crippen molar-refractivity contribution in [1.29, 1.82) is 0 Å². The van der Waals surface area contributed by atoms with Crippen molar-refractivity contribution in [2.75, 3.05) is 13.2 Å². The lowest BCUT2D eigenvalue weighted by molar-refractivity contribution is 0.0437. The molecular formula is C12H19N3O3. The van der Waals surface area contributed by atoms with E-state index in [-0.39, 0.29) is 0 Å². The summed E-state index contributed by atoms with van der Waals surface area (Å²) in [5.74, 6) is 0. The van der Waals surface area contributed by atoms with Gasteiger partial charge in [-0.05, 0) is 20.8 Å². The van der Waals surface area contributed by atoms with E-state index in [1.807, 2.05) is 20.8 Å². The Hall–Kier alpha value is -1.56. The molecule has 2 rings (SSSR count). The van der Waals surface area contributed by atoms with Crippen molar-refractivity contribution in [2.45, 2.75) is 38.3 Å². The number of amides is 1. The predicted molar refractivity (Wildman–Crippen MR) is 65.1 cm³/mol. The molecule has 0 aliphatic carbocycles. The number of rotatable bonds is 2.